The molecular weight excluding hydrogens is 434 g/mol. The maximum absolute atomic E-state index is 13.2. The summed E-state index contributed by atoms with van der Waals surface area (Å²) in [4.78, 5) is 39.3. The van der Waals surface area contributed by atoms with Crippen LogP contribution in [0.1, 0.15) is 94.7 Å². The number of hydrogen-bond donors (Lipinski definition) is 0. The van der Waals surface area contributed by atoms with Crippen LogP contribution >= 0.6 is 11.8 Å². The lowest BCUT2D eigenvalue weighted by Gasteiger charge is -2.31. The molecule has 1 amide bonds. The molecule has 33 heavy (non-hydrogen) atoms. The number of methoxy groups -OCH3 is 1. The summed E-state index contributed by atoms with van der Waals surface area (Å²) in [5.41, 5.74) is 3.63. The van der Waals surface area contributed by atoms with E-state index in [1.165, 1.54) is 57.0 Å². The van der Waals surface area contributed by atoms with Crippen molar-refractivity contribution >= 4 is 34.4 Å². The summed E-state index contributed by atoms with van der Waals surface area (Å²) in [7, 11) is 1.32. The normalized spacial score (nSPS) is 11.8. The molecule has 6 heteroatoms. The van der Waals surface area contributed by atoms with Gasteiger partial charge in [0.15, 0.2) is 5.12 Å². The summed E-state index contributed by atoms with van der Waals surface area (Å²) in [6.07, 6.45) is 11.3. The van der Waals surface area contributed by atoms with Crippen molar-refractivity contribution in [1.29, 1.82) is 0 Å². The Kier molecular flexibility index (Phi) is 14.1. The SMILES string of the molecule is CCCCCCCCCCCC(=O)SCC(=O)N(c1c(C)ccc(C)c1C)C(C)C(=O)OC. The quantitative estimate of drug-likeness (QED) is 0.208. The van der Waals surface area contributed by atoms with Gasteiger partial charge in [0, 0.05) is 6.42 Å². The Morgan fingerprint density at radius 2 is 1.45 bits per heavy atom. The molecule has 0 aliphatic rings. The van der Waals surface area contributed by atoms with Gasteiger partial charge in [0.1, 0.15) is 6.04 Å². The van der Waals surface area contributed by atoms with Crippen LogP contribution in [0.15, 0.2) is 12.1 Å². The van der Waals surface area contributed by atoms with Crippen LogP contribution in [-0.4, -0.2) is 35.9 Å². The molecular formula is C27H43NO4S. The molecule has 1 aromatic carbocycles. The van der Waals surface area contributed by atoms with Crippen molar-refractivity contribution in [2.75, 3.05) is 17.8 Å². The Bertz CT molecular complexity index is 778. The van der Waals surface area contributed by atoms with E-state index in [0.717, 1.165) is 47.0 Å². The van der Waals surface area contributed by atoms with Gasteiger partial charge in [-0.1, -0.05) is 82.2 Å². The zero-order valence-corrected chi connectivity index (χ0v) is 22.3. The largest absolute Gasteiger partial charge is 0.467 e. The third-order valence-corrected chi connectivity index (χ3v) is 7.10. The first-order valence-electron chi connectivity index (χ1n) is 12.4. The van der Waals surface area contributed by atoms with E-state index in [1.807, 2.05) is 32.9 Å². The summed E-state index contributed by atoms with van der Waals surface area (Å²) >= 11 is 1.06. The van der Waals surface area contributed by atoms with Crippen molar-refractivity contribution in [3.05, 3.63) is 28.8 Å². The van der Waals surface area contributed by atoms with E-state index in [2.05, 4.69) is 6.92 Å². The minimum atomic E-state index is -0.769. The number of nitrogens with zero attached hydrogens (tertiary/aromatic N) is 1. The van der Waals surface area contributed by atoms with Crippen molar-refractivity contribution in [3.8, 4) is 0 Å². The van der Waals surface area contributed by atoms with Gasteiger partial charge in [-0.2, -0.15) is 0 Å². The number of ether oxygens (including phenoxy) is 1. The zero-order valence-electron chi connectivity index (χ0n) is 21.5. The van der Waals surface area contributed by atoms with Gasteiger partial charge in [-0.15, -0.1) is 0 Å². The molecule has 0 saturated heterocycles. The average molecular weight is 478 g/mol. The summed E-state index contributed by atoms with van der Waals surface area (Å²) in [5, 5.41) is 0.0367. The van der Waals surface area contributed by atoms with Gasteiger partial charge in [-0.05, 0) is 50.8 Å². The molecule has 0 aliphatic carbocycles. The number of benzene rings is 1. The molecule has 0 heterocycles. The standard InChI is InChI=1S/C27H43NO4S/c1-7-8-9-10-11-12-13-14-15-16-25(30)33-19-24(29)28(23(5)27(31)32-6)26-21(3)18-17-20(2)22(26)4/h17-18,23H,7-16,19H2,1-6H3. The van der Waals surface area contributed by atoms with E-state index in [-0.39, 0.29) is 16.8 Å². The molecule has 186 valence electrons. The van der Waals surface area contributed by atoms with Crippen molar-refractivity contribution < 1.29 is 19.1 Å². The van der Waals surface area contributed by atoms with Gasteiger partial charge < -0.3 is 4.74 Å². The molecule has 0 radical (unpaired) electrons. The minimum Gasteiger partial charge on any atom is -0.467 e. The topological polar surface area (TPSA) is 63.7 Å². The van der Waals surface area contributed by atoms with Crippen molar-refractivity contribution in [2.45, 2.75) is 105 Å². The molecule has 0 aliphatic heterocycles. The highest BCUT2D eigenvalue weighted by Gasteiger charge is 2.30. The lowest BCUT2D eigenvalue weighted by molar-refractivity contribution is -0.142. The van der Waals surface area contributed by atoms with E-state index in [9.17, 15) is 14.4 Å². The number of carbonyl (C=O) groups excluding carboxylic acids is 3. The van der Waals surface area contributed by atoms with Crippen LogP contribution in [0.25, 0.3) is 0 Å². The summed E-state index contributed by atoms with van der Waals surface area (Å²) in [6.45, 7) is 9.75. The molecule has 1 atom stereocenters. The van der Waals surface area contributed by atoms with Crippen LogP contribution in [0.3, 0.4) is 0 Å². The van der Waals surface area contributed by atoms with Crippen LogP contribution < -0.4 is 4.90 Å². The third kappa shape index (κ3) is 9.91. The molecule has 0 aromatic heterocycles. The number of anilines is 1. The van der Waals surface area contributed by atoms with Crippen LogP contribution in [0, 0.1) is 20.8 Å². The fourth-order valence-corrected chi connectivity index (χ4v) is 4.69. The number of thioether (sulfide) groups is 1. The number of aryl methyl sites for hydroxylation is 2. The predicted molar refractivity (Wildman–Crippen MR) is 139 cm³/mol. The second-order valence-corrected chi connectivity index (χ2v) is 9.91. The fraction of sp³-hybridized carbons (Fsp3) is 0.667. The third-order valence-electron chi connectivity index (χ3n) is 6.18. The van der Waals surface area contributed by atoms with Crippen LogP contribution in [0.2, 0.25) is 0 Å². The van der Waals surface area contributed by atoms with Crippen LogP contribution in [0.4, 0.5) is 5.69 Å². The molecule has 0 fully saturated rings. The van der Waals surface area contributed by atoms with Crippen molar-refractivity contribution in [3.63, 3.8) is 0 Å². The molecule has 0 saturated carbocycles. The van der Waals surface area contributed by atoms with Gasteiger partial charge in [0.2, 0.25) is 5.91 Å². The second-order valence-electron chi connectivity index (χ2n) is 8.87. The van der Waals surface area contributed by atoms with Crippen LogP contribution in [0.5, 0.6) is 0 Å². The molecule has 1 aromatic rings. The monoisotopic (exact) mass is 477 g/mol. The van der Waals surface area contributed by atoms with E-state index in [0.29, 0.717) is 6.42 Å². The lowest BCUT2D eigenvalue weighted by Crippen LogP contribution is -2.46. The average Bonchev–Trinajstić information content (AvgIpc) is 2.80. The molecule has 1 unspecified atom stereocenters. The van der Waals surface area contributed by atoms with Gasteiger partial charge in [0.05, 0.1) is 18.6 Å². The summed E-state index contributed by atoms with van der Waals surface area (Å²) in [6, 6.07) is 3.18. The fourth-order valence-electron chi connectivity index (χ4n) is 3.98. The summed E-state index contributed by atoms with van der Waals surface area (Å²) < 4.78 is 4.91. The highest BCUT2D eigenvalue weighted by molar-refractivity contribution is 8.14. The minimum absolute atomic E-state index is 0.0183. The summed E-state index contributed by atoms with van der Waals surface area (Å²) in [5.74, 6) is -0.713. The highest BCUT2D eigenvalue weighted by atomic mass is 32.2. The highest BCUT2D eigenvalue weighted by Crippen LogP contribution is 2.30. The molecule has 1 rings (SSSR count). The Labute approximate surface area is 205 Å². The zero-order chi connectivity index (χ0) is 24.8. The maximum Gasteiger partial charge on any atom is 0.328 e. The Balaban J connectivity index is 2.61. The van der Waals surface area contributed by atoms with Gasteiger partial charge in [-0.3, -0.25) is 14.5 Å². The smallest absolute Gasteiger partial charge is 0.328 e. The van der Waals surface area contributed by atoms with Gasteiger partial charge in [0.25, 0.3) is 0 Å². The van der Waals surface area contributed by atoms with Crippen molar-refractivity contribution in [2.24, 2.45) is 0 Å². The maximum atomic E-state index is 13.2. The Morgan fingerprint density at radius 1 is 0.909 bits per heavy atom. The Morgan fingerprint density at radius 3 is 2.03 bits per heavy atom. The molecule has 5 nitrogen and oxygen atoms in total. The molecule has 0 bridgehead atoms. The lowest BCUT2D eigenvalue weighted by atomic mass is 10.0. The van der Waals surface area contributed by atoms with Gasteiger partial charge >= 0.3 is 5.97 Å². The first-order valence-corrected chi connectivity index (χ1v) is 13.3. The van der Waals surface area contributed by atoms with E-state index in [1.54, 1.807) is 6.92 Å². The first-order chi connectivity index (χ1) is 15.7. The molecule has 0 N–H and O–H groups in total. The van der Waals surface area contributed by atoms with Crippen molar-refractivity contribution in [1.82, 2.24) is 0 Å². The number of unbranched alkanes of at least 4 members (excludes halogenated alkanes) is 8. The number of hydrogen-bond acceptors (Lipinski definition) is 5. The van der Waals surface area contributed by atoms with Gasteiger partial charge in [-0.25, -0.2) is 4.79 Å². The number of rotatable bonds is 15. The number of carbonyl (C=O) groups is 3. The predicted octanol–water partition coefficient (Wildman–Crippen LogP) is 6.69. The first kappa shape index (κ1) is 29.2. The number of amides is 1. The number of esters is 1. The van der Waals surface area contributed by atoms with E-state index in [4.69, 9.17) is 4.74 Å². The van der Waals surface area contributed by atoms with E-state index >= 15 is 0 Å². The Hall–Kier alpha value is -1.82. The second kappa shape index (κ2) is 15.9. The van der Waals surface area contributed by atoms with E-state index < -0.39 is 12.0 Å². The molecule has 0 spiro atoms. The van der Waals surface area contributed by atoms with Crippen LogP contribution in [-0.2, 0) is 19.1 Å².